The Morgan fingerprint density at radius 3 is 2.54 bits per heavy atom. The number of Topliss-reactive ketones (excluding diaryl/α,β-unsaturated/α-hetero) is 1. The van der Waals surface area contributed by atoms with E-state index in [1.165, 1.54) is 70.6 Å². The molecule has 0 amide bonds. The summed E-state index contributed by atoms with van der Waals surface area (Å²) in [6.45, 7) is 4.94. The molecule has 4 fully saturated rings. The van der Waals surface area contributed by atoms with E-state index in [9.17, 15) is 4.79 Å². The fourth-order valence-electron chi connectivity index (χ4n) is 7.81. The highest BCUT2D eigenvalue weighted by Gasteiger charge is 2.61. The van der Waals surface area contributed by atoms with Crippen molar-refractivity contribution in [2.75, 3.05) is 0 Å². The molecule has 5 rings (SSSR count). The van der Waals surface area contributed by atoms with Gasteiger partial charge in [-0.3, -0.25) is 4.79 Å². The van der Waals surface area contributed by atoms with Crippen molar-refractivity contribution in [2.45, 2.75) is 84.5 Å². The molecule has 132 valence electrons. The molecule has 0 N–H and O–H groups in total. The van der Waals surface area contributed by atoms with Gasteiger partial charge in [0.1, 0.15) is 5.78 Å². The van der Waals surface area contributed by atoms with Crippen molar-refractivity contribution in [1.29, 1.82) is 0 Å². The van der Waals surface area contributed by atoms with E-state index >= 15 is 0 Å². The Bertz CT molecular complexity index is 585. The Morgan fingerprint density at radius 2 is 1.79 bits per heavy atom. The highest BCUT2D eigenvalue weighted by molar-refractivity contribution is 5.89. The van der Waals surface area contributed by atoms with Crippen LogP contribution < -0.4 is 0 Å². The second kappa shape index (κ2) is 5.21. The number of allylic oxidation sites excluding steroid dienone is 2. The number of ketones is 1. The van der Waals surface area contributed by atoms with Crippen LogP contribution in [-0.4, -0.2) is 5.78 Å². The summed E-state index contributed by atoms with van der Waals surface area (Å²) in [4.78, 5) is 13.3. The van der Waals surface area contributed by atoms with E-state index in [0.29, 0.717) is 23.0 Å². The maximum Gasteiger partial charge on any atom is 0.142 e. The maximum absolute atomic E-state index is 13.3. The molecule has 1 nitrogen and oxygen atoms in total. The molecule has 4 saturated carbocycles. The number of fused-ring (bicyclic) bond motifs is 5. The summed E-state index contributed by atoms with van der Waals surface area (Å²) in [5, 5.41) is 0. The topological polar surface area (TPSA) is 17.1 Å². The summed E-state index contributed by atoms with van der Waals surface area (Å²) >= 11 is 0. The average molecular weight is 327 g/mol. The zero-order valence-corrected chi connectivity index (χ0v) is 15.7. The second-order valence-corrected chi connectivity index (χ2v) is 10.3. The first-order valence-corrected chi connectivity index (χ1v) is 10.8. The van der Waals surface area contributed by atoms with Crippen LogP contribution in [0.2, 0.25) is 0 Å². The third-order valence-corrected chi connectivity index (χ3v) is 9.53. The van der Waals surface area contributed by atoms with Gasteiger partial charge in [0.25, 0.3) is 0 Å². The van der Waals surface area contributed by atoms with Crippen LogP contribution in [0.15, 0.2) is 11.6 Å². The van der Waals surface area contributed by atoms with Gasteiger partial charge in [-0.2, -0.15) is 0 Å². The second-order valence-electron chi connectivity index (χ2n) is 10.3. The fourth-order valence-corrected chi connectivity index (χ4v) is 7.81. The summed E-state index contributed by atoms with van der Waals surface area (Å²) in [7, 11) is 0. The molecular weight excluding hydrogens is 292 g/mol. The average Bonchev–Trinajstić information content (AvgIpc) is 2.78. The van der Waals surface area contributed by atoms with Gasteiger partial charge < -0.3 is 0 Å². The molecule has 0 aliphatic heterocycles. The molecule has 0 aromatic rings. The van der Waals surface area contributed by atoms with Crippen molar-refractivity contribution >= 4 is 5.78 Å². The molecule has 1 unspecified atom stereocenters. The highest BCUT2D eigenvalue weighted by Crippen LogP contribution is 2.65. The molecule has 0 radical (unpaired) electrons. The summed E-state index contributed by atoms with van der Waals surface area (Å²) in [5.41, 5.74) is 2.29. The summed E-state index contributed by atoms with van der Waals surface area (Å²) in [6, 6.07) is 0. The van der Waals surface area contributed by atoms with E-state index in [4.69, 9.17) is 0 Å². The Labute approximate surface area is 147 Å². The minimum atomic E-state index is 0.0256. The first-order chi connectivity index (χ1) is 11.5. The van der Waals surface area contributed by atoms with Crippen LogP contribution in [0.3, 0.4) is 0 Å². The Morgan fingerprint density at radius 1 is 0.958 bits per heavy atom. The van der Waals surface area contributed by atoms with Crippen LogP contribution >= 0.6 is 0 Å². The SMILES string of the molecule is C[C@]12CCCCC1=CC[C@@H]1[C@@H]2CC[C@]2(C)C(=O)C(C3CCC3)C[C@@H]12. The first-order valence-electron chi connectivity index (χ1n) is 10.8. The largest absolute Gasteiger partial charge is 0.299 e. The van der Waals surface area contributed by atoms with E-state index in [-0.39, 0.29) is 5.41 Å². The van der Waals surface area contributed by atoms with Crippen molar-refractivity contribution in [2.24, 2.45) is 40.4 Å². The Hall–Kier alpha value is -0.590. The molecule has 1 heteroatoms. The van der Waals surface area contributed by atoms with Gasteiger partial charge in [-0.15, -0.1) is 0 Å². The van der Waals surface area contributed by atoms with Crippen molar-refractivity contribution in [1.82, 2.24) is 0 Å². The van der Waals surface area contributed by atoms with Gasteiger partial charge in [0.05, 0.1) is 0 Å². The minimum absolute atomic E-state index is 0.0256. The molecule has 0 heterocycles. The monoisotopic (exact) mass is 326 g/mol. The van der Waals surface area contributed by atoms with E-state index in [1.54, 1.807) is 5.57 Å². The summed E-state index contributed by atoms with van der Waals surface area (Å²) < 4.78 is 0. The molecule has 0 bridgehead atoms. The van der Waals surface area contributed by atoms with Crippen molar-refractivity contribution in [3.05, 3.63) is 11.6 Å². The van der Waals surface area contributed by atoms with Gasteiger partial charge in [0, 0.05) is 11.3 Å². The fraction of sp³-hybridized carbons (Fsp3) is 0.870. The van der Waals surface area contributed by atoms with E-state index in [1.807, 2.05) is 0 Å². The predicted octanol–water partition coefficient (Wildman–Crippen LogP) is 5.93. The first kappa shape index (κ1) is 15.6. The van der Waals surface area contributed by atoms with E-state index < -0.39 is 0 Å². The third kappa shape index (κ3) is 1.91. The standard InChI is InChI=1S/C23H34O/c1-22-12-4-3-8-16(22)9-10-17-19(22)11-13-23(2)20(17)14-18(21(23)24)15-6-5-7-15/h9,15,17-20H,3-8,10-14H2,1-2H3/t17-,18?,19+,20+,22+,23+/m1/s1. The Kier molecular flexibility index (Phi) is 3.40. The zero-order chi connectivity index (χ0) is 16.5. The molecule has 0 spiro atoms. The number of hydrogen-bond acceptors (Lipinski definition) is 1. The van der Waals surface area contributed by atoms with Crippen LogP contribution in [0.5, 0.6) is 0 Å². The predicted molar refractivity (Wildman–Crippen MR) is 97.5 cm³/mol. The number of rotatable bonds is 1. The minimum Gasteiger partial charge on any atom is -0.299 e. The zero-order valence-electron chi connectivity index (χ0n) is 15.7. The number of carbonyl (C=O) groups is 1. The number of carbonyl (C=O) groups excluding carboxylic acids is 1. The number of hydrogen-bond donors (Lipinski definition) is 0. The van der Waals surface area contributed by atoms with Gasteiger partial charge in [-0.25, -0.2) is 0 Å². The van der Waals surface area contributed by atoms with Crippen LogP contribution in [-0.2, 0) is 4.79 Å². The van der Waals surface area contributed by atoms with Crippen LogP contribution in [0.1, 0.15) is 84.5 Å². The van der Waals surface area contributed by atoms with E-state index in [0.717, 1.165) is 17.8 Å². The van der Waals surface area contributed by atoms with Crippen molar-refractivity contribution in [3.63, 3.8) is 0 Å². The van der Waals surface area contributed by atoms with Gasteiger partial charge in [-0.05, 0) is 86.9 Å². The smallest absolute Gasteiger partial charge is 0.142 e. The van der Waals surface area contributed by atoms with Gasteiger partial charge in [-0.1, -0.05) is 38.3 Å². The highest BCUT2D eigenvalue weighted by atomic mass is 16.1. The molecule has 6 atom stereocenters. The van der Waals surface area contributed by atoms with Crippen molar-refractivity contribution in [3.8, 4) is 0 Å². The summed E-state index contributed by atoms with van der Waals surface area (Å²) in [5.74, 6) is 4.20. The lowest BCUT2D eigenvalue weighted by molar-refractivity contribution is -0.135. The molecule has 0 aromatic carbocycles. The van der Waals surface area contributed by atoms with Gasteiger partial charge >= 0.3 is 0 Å². The van der Waals surface area contributed by atoms with Gasteiger partial charge in [0.2, 0.25) is 0 Å². The third-order valence-electron chi connectivity index (χ3n) is 9.53. The molecular formula is C23H34O. The molecule has 0 aromatic heterocycles. The lowest BCUT2D eigenvalue weighted by atomic mass is 9.48. The maximum atomic E-state index is 13.3. The van der Waals surface area contributed by atoms with Crippen LogP contribution in [0.25, 0.3) is 0 Å². The normalized spacial score (nSPS) is 51.2. The van der Waals surface area contributed by atoms with E-state index in [2.05, 4.69) is 19.9 Å². The molecule has 0 saturated heterocycles. The summed E-state index contributed by atoms with van der Waals surface area (Å²) in [6.07, 6.45) is 17.3. The molecule has 5 aliphatic carbocycles. The quantitative estimate of drug-likeness (QED) is 0.545. The lowest BCUT2D eigenvalue weighted by Gasteiger charge is -2.56. The van der Waals surface area contributed by atoms with Crippen LogP contribution in [0, 0.1) is 40.4 Å². The van der Waals surface area contributed by atoms with Crippen LogP contribution in [0.4, 0.5) is 0 Å². The van der Waals surface area contributed by atoms with Gasteiger partial charge in [0.15, 0.2) is 0 Å². The van der Waals surface area contributed by atoms with Crippen molar-refractivity contribution < 1.29 is 4.79 Å². The molecule has 5 aliphatic rings. The molecule has 24 heavy (non-hydrogen) atoms. The Balaban J connectivity index is 1.48. The lowest BCUT2D eigenvalue weighted by Crippen LogP contribution is -2.49.